The number of H-pyrrole nitrogens is 1. The normalized spacial score (nSPS) is 12.4. The van der Waals surface area contributed by atoms with Crippen molar-refractivity contribution in [2.24, 2.45) is 0 Å². The van der Waals surface area contributed by atoms with Crippen LogP contribution in [0, 0.1) is 6.92 Å². The van der Waals surface area contributed by atoms with Crippen molar-refractivity contribution in [2.45, 2.75) is 39.8 Å². The Morgan fingerprint density at radius 1 is 1.11 bits per heavy atom. The Labute approximate surface area is 153 Å². The first-order chi connectivity index (χ1) is 12.8. The van der Waals surface area contributed by atoms with Crippen LogP contribution in [0.15, 0.2) is 24.4 Å². The van der Waals surface area contributed by atoms with Gasteiger partial charge in [-0.25, -0.2) is 9.50 Å². The molecular weight excluding hydrogens is 355 g/mol. The summed E-state index contributed by atoms with van der Waals surface area (Å²) >= 11 is 0. The zero-order valence-corrected chi connectivity index (χ0v) is 15.1. The second kappa shape index (κ2) is 6.07. The quantitative estimate of drug-likeness (QED) is 0.565. The fourth-order valence-electron chi connectivity index (χ4n) is 3.42. The van der Waals surface area contributed by atoms with E-state index in [9.17, 15) is 13.2 Å². The van der Waals surface area contributed by atoms with E-state index >= 15 is 0 Å². The number of pyridine rings is 1. The van der Waals surface area contributed by atoms with E-state index in [1.54, 1.807) is 18.3 Å². The van der Waals surface area contributed by atoms with Gasteiger partial charge in [0.2, 0.25) is 0 Å². The van der Waals surface area contributed by atoms with Gasteiger partial charge in [-0.1, -0.05) is 13.8 Å². The minimum atomic E-state index is -4.51. The van der Waals surface area contributed by atoms with Crippen molar-refractivity contribution < 1.29 is 13.2 Å². The van der Waals surface area contributed by atoms with Gasteiger partial charge in [0.15, 0.2) is 11.5 Å². The van der Waals surface area contributed by atoms with Crippen LogP contribution >= 0.6 is 0 Å². The molecule has 0 atom stereocenters. The molecule has 0 bridgehead atoms. The van der Waals surface area contributed by atoms with Gasteiger partial charge in [-0.2, -0.15) is 23.4 Å². The van der Waals surface area contributed by atoms with E-state index in [-0.39, 0.29) is 5.69 Å². The number of halogens is 3. The summed E-state index contributed by atoms with van der Waals surface area (Å²) in [7, 11) is 0. The molecule has 0 amide bonds. The van der Waals surface area contributed by atoms with Gasteiger partial charge in [0.1, 0.15) is 0 Å². The van der Waals surface area contributed by atoms with Gasteiger partial charge < -0.3 is 0 Å². The van der Waals surface area contributed by atoms with Gasteiger partial charge in [0, 0.05) is 17.4 Å². The summed E-state index contributed by atoms with van der Waals surface area (Å²) in [6.07, 6.45) is -1.92. The van der Waals surface area contributed by atoms with E-state index in [2.05, 4.69) is 20.3 Å². The number of aryl methyl sites for hydroxylation is 3. The average molecular weight is 373 g/mol. The fourth-order valence-corrected chi connectivity index (χ4v) is 3.42. The molecule has 8 heteroatoms. The van der Waals surface area contributed by atoms with Crippen LogP contribution in [0.25, 0.3) is 27.8 Å². The predicted molar refractivity (Wildman–Crippen MR) is 96.6 cm³/mol. The minimum absolute atomic E-state index is 0.00750. The second-order valence-corrected chi connectivity index (χ2v) is 6.53. The number of nitrogens with zero attached hydrogens (tertiary/aromatic N) is 4. The van der Waals surface area contributed by atoms with Crippen molar-refractivity contribution in [3.8, 4) is 11.3 Å². The Hall–Kier alpha value is -2.90. The first-order valence-corrected chi connectivity index (χ1v) is 8.76. The maximum Gasteiger partial charge on any atom is 0.418 e. The molecule has 4 aromatic rings. The molecule has 3 aromatic heterocycles. The van der Waals surface area contributed by atoms with Gasteiger partial charge in [0.05, 0.1) is 23.0 Å². The molecular formula is C19H18F3N5. The highest BCUT2D eigenvalue weighted by molar-refractivity contribution is 5.87. The third-order valence-corrected chi connectivity index (χ3v) is 4.75. The predicted octanol–water partition coefficient (Wildman–Crippen LogP) is 4.72. The molecule has 4 rings (SSSR count). The summed E-state index contributed by atoms with van der Waals surface area (Å²) in [5.41, 5.74) is 2.36. The zero-order chi connectivity index (χ0) is 19.3. The summed E-state index contributed by atoms with van der Waals surface area (Å²) in [6, 6.07) is 4.63. The average Bonchev–Trinajstić information content (AvgIpc) is 3.26. The highest BCUT2D eigenvalue weighted by atomic mass is 19.4. The van der Waals surface area contributed by atoms with Crippen LogP contribution < -0.4 is 0 Å². The first-order valence-electron chi connectivity index (χ1n) is 8.76. The molecule has 0 aliphatic heterocycles. The molecule has 0 aliphatic carbocycles. The van der Waals surface area contributed by atoms with Crippen LogP contribution in [0.3, 0.4) is 0 Å². The third-order valence-electron chi connectivity index (χ3n) is 4.75. The highest BCUT2D eigenvalue weighted by Gasteiger charge is 2.36. The molecule has 140 valence electrons. The SMILES string of the molecule is CCc1nc2c(CC)cc(C(F)(F)F)c(-c3cc(C)c4[nH]ncc4c3)n2n1. The maximum atomic E-state index is 13.9. The van der Waals surface area contributed by atoms with Crippen molar-refractivity contribution in [2.75, 3.05) is 0 Å². The number of hydrogen-bond donors (Lipinski definition) is 1. The lowest BCUT2D eigenvalue weighted by Gasteiger charge is -2.17. The van der Waals surface area contributed by atoms with E-state index < -0.39 is 11.7 Å². The Balaban J connectivity index is 2.14. The van der Waals surface area contributed by atoms with E-state index in [0.29, 0.717) is 35.4 Å². The minimum Gasteiger partial charge on any atom is -0.278 e. The fraction of sp³-hybridized carbons (Fsp3) is 0.316. The number of aromatic amines is 1. The number of alkyl halides is 3. The molecule has 1 aromatic carbocycles. The zero-order valence-electron chi connectivity index (χ0n) is 15.1. The lowest BCUT2D eigenvalue weighted by atomic mass is 9.99. The van der Waals surface area contributed by atoms with E-state index in [4.69, 9.17) is 0 Å². The van der Waals surface area contributed by atoms with Gasteiger partial charge in [-0.15, -0.1) is 0 Å². The molecule has 27 heavy (non-hydrogen) atoms. The molecule has 3 heterocycles. The van der Waals surface area contributed by atoms with Gasteiger partial charge in [0.25, 0.3) is 0 Å². The Bertz CT molecular complexity index is 1150. The van der Waals surface area contributed by atoms with Gasteiger partial charge in [-0.3, -0.25) is 5.10 Å². The lowest BCUT2D eigenvalue weighted by Crippen LogP contribution is -2.13. The van der Waals surface area contributed by atoms with Crippen LogP contribution in [0.4, 0.5) is 13.2 Å². The van der Waals surface area contributed by atoms with E-state index in [1.165, 1.54) is 10.6 Å². The van der Waals surface area contributed by atoms with Gasteiger partial charge >= 0.3 is 6.18 Å². The molecule has 0 unspecified atom stereocenters. The second-order valence-electron chi connectivity index (χ2n) is 6.53. The highest BCUT2D eigenvalue weighted by Crippen LogP contribution is 2.39. The van der Waals surface area contributed by atoms with Crippen molar-refractivity contribution in [1.29, 1.82) is 0 Å². The third kappa shape index (κ3) is 2.75. The van der Waals surface area contributed by atoms with Crippen molar-refractivity contribution in [3.05, 3.63) is 46.9 Å². The van der Waals surface area contributed by atoms with E-state index in [0.717, 1.165) is 16.5 Å². The lowest BCUT2D eigenvalue weighted by molar-refractivity contribution is -0.137. The number of fused-ring (bicyclic) bond motifs is 2. The molecule has 0 aliphatic rings. The Kier molecular flexibility index (Phi) is 3.94. The Morgan fingerprint density at radius 3 is 2.56 bits per heavy atom. The van der Waals surface area contributed by atoms with Crippen LogP contribution in [-0.2, 0) is 19.0 Å². The summed E-state index contributed by atoms with van der Waals surface area (Å²) in [6.45, 7) is 5.54. The molecule has 1 N–H and O–H groups in total. The number of aromatic nitrogens is 5. The standard InChI is InChI=1S/C19H18F3N5/c1-4-11-8-14(19(20,21)22)17(27-18(11)24-15(5-2)26-27)12-6-10(3)16-13(7-12)9-23-25-16/h6-9H,4-5H2,1-3H3,(H,23,25). The largest absolute Gasteiger partial charge is 0.418 e. The number of rotatable bonds is 3. The van der Waals surface area contributed by atoms with Crippen molar-refractivity contribution in [3.63, 3.8) is 0 Å². The van der Waals surface area contributed by atoms with Crippen LogP contribution in [0.1, 0.15) is 36.4 Å². The summed E-state index contributed by atoms with van der Waals surface area (Å²) in [4.78, 5) is 4.45. The molecule has 0 radical (unpaired) electrons. The van der Waals surface area contributed by atoms with Crippen LogP contribution in [0.5, 0.6) is 0 Å². The number of benzene rings is 1. The molecule has 0 spiro atoms. The topological polar surface area (TPSA) is 58.9 Å². The smallest absolute Gasteiger partial charge is 0.278 e. The van der Waals surface area contributed by atoms with Gasteiger partial charge in [-0.05, 0) is 42.7 Å². The number of nitrogens with one attached hydrogen (secondary N) is 1. The molecule has 0 fully saturated rings. The van der Waals surface area contributed by atoms with Crippen LogP contribution in [-0.4, -0.2) is 24.8 Å². The van der Waals surface area contributed by atoms with Crippen LogP contribution in [0.2, 0.25) is 0 Å². The summed E-state index contributed by atoms with van der Waals surface area (Å²) < 4.78 is 43.2. The summed E-state index contributed by atoms with van der Waals surface area (Å²) in [5.74, 6) is 0.520. The first kappa shape index (κ1) is 17.5. The van der Waals surface area contributed by atoms with Crippen molar-refractivity contribution in [1.82, 2.24) is 24.8 Å². The maximum absolute atomic E-state index is 13.9. The molecule has 5 nitrogen and oxygen atoms in total. The van der Waals surface area contributed by atoms with E-state index in [1.807, 2.05) is 20.8 Å². The summed E-state index contributed by atoms with van der Waals surface area (Å²) in [5, 5.41) is 12.0. The number of hydrogen-bond acceptors (Lipinski definition) is 3. The molecule has 0 saturated heterocycles. The monoisotopic (exact) mass is 373 g/mol. The molecule has 0 saturated carbocycles. The van der Waals surface area contributed by atoms with Crippen molar-refractivity contribution >= 4 is 16.6 Å². The Morgan fingerprint density at radius 2 is 1.89 bits per heavy atom.